The summed E-state index contributed by atoms with van der Waals surface area (Å²) in [5.41, 5.74) is -0.312. The van der Waals surface area contributed by atoms with E-state index in [9.17, 15) is 18.8 Å². The van der Waals surface area contributed by atoms with Gasteiger partial charge < -0.3 is 15.4 Å². The van der Waals surface area contributed by atoms with Gasteiger partial charge in [0.15, 0.2) is 11.6 Å². The van der Waals surface area contributed by atoms with E-state index in [4.69, 9.17) is 16.3 Å². The Morgan fingerprint density at radius 1 is 1.14 bits per heavy atom. The van der Waals surface area contributed by atoms with Gasteiger partial charge in [0.1, 0.15) is 0 Å². The molecule has 0 fully saturated rings. The molecule has 1 heterocycles. The van der Waals surface area contributed by atoms with E-state index in [2.05, 4.69) is 15.6 Å². The van der Waals surface area contributed by atoms with E-state index in [0.29, 0.717) is 18.0 Å². The van der Waals surface area contributed by atoms with Crippen LogP contribution in [0.2, 0.25) is 5.02 Å². The topological polar surface area (TPSA) is 107 Å². The first kappa shape index (κ1) is 26.0. The first-order chi connectivity index (χ1) is 16.6. The Hall–Kier alpha value is -3.66. The second kappa shape index (κ2) is 11.7. The van der Waals surface area contributed by atoms with Crippen molar-refractivity contribution in [3.63, 3.8) is 0 Å². The Labute approximate surface area is 206 Å². The Bertz CT molecular complexity index is 1300. The zero-order valence-electron chi connectivity index (χ0n) is 19.7. The zero-order valence-corrected chi connectivity index (χ0v) is 20.4. The molecule has 0 unspecified atom stereocenters. The molecule has 3 rings (SSSR count). The fourth-order valence-electron chi connectivity index (χ4n) is 3.29. The van der Waals surface area contributed by atoms with Crippen molar-refractivity contribution in [1.29, 1.82) is 0 Å². The average molecular weight is 504 g/mol. The third-order valence-corrected chi connectivity index (χ3v) is 5.14. The highest BCUT2D eigenvalue weighted by Crippen LogP contribution is 2.24. The Balaban J connectivity index is 1.96. The molecule has 0 radical (unpaired) electrons. The number of halogens is 2. The first-order valence-electron chi connectivity index (χ1n) is 11.1. The number of carbonyl (C=O) groups excluding carboxylic acids is 1. The van der Waals surface area contributed by atoms with Crippen molar-refractivity contribution in [2.45, 2.75) is 46.4 Å². The lowest BCUT2D eigenvalue weighted by Gasteiger charge is -2.16. The number of hydrogen-bond donors (Lipinski definition) is 2. The van der Waals surface area contributed by atoms with Gasteiger partial charge in [0.05, 0.1) is 12.6 Å². The van der Waals surface area contributed by atoms with Crippen molar-refractivity contribution in [2.75, 3.05) is 11.9 Å². The number of aromatic nitrogens is 3. The molecule has 0 saturated heterocycles. The van der Waals surface area contributed by atoms with Crippen molar-refractivity contribution in [3.05, 3.63) is 79.8 Å². The summed E-state index contributed by atoms with van der Waals surface area (Å²) in [7, 11) is 0. The molecule has 0 bridgehead atoms. The number of carbonyl (C=O) groups is 1. The molecule has 2 N–H and O–H groups in total. The molecule has 2 aromatic carbocycles. The predicted octanol–water partition coefficient (Wildman–Crippen LogP) is 3.30. The SMILES string of the molecule is CC(=O)NCCCn1c(=O)nc(Nc2ccc(OC(C)C)c(F)c2)n(Cc2ccc(Cl)cc2)c1=O. The van der Waals surface area contributed by atoms with Gasteiger partial charge in [0.25, 0.3) is 0 Å². The molecule has 0 aliphatic heterocycles. The number of anilines is 2. The normalized spacial score (nSPS) is 10.9. The summed E-state index contributed by atoms with van der Waals surface area (Å²) in [4.78, 5) is 41.1. The minimum absolute atomic E-state index is 0.0370. The number of ether oxygens (including phenoxy) is 1. The maximum Gasteiger partial charge on any atom is 0.354 e. The second-order valence-electron chi connectivity index (χ2n) is 8.14. The van der Waals surface area contributed by atoms with Gasteiger partial charge in [-0.1, -0.05) is 23.7 Å². The maximum absolute atomic E-state index is 14.5. The van der Waals surface area contributed by atoms with Crippen LogP contribution in [-0.2, 0) is 17.9 Å². The van der Waals surface area contributed by atoms with Crippen LogP contribution in [-0.4, -0.2) is 32.7 Å². The molecule has 9 nitrogen and oxygen atoms in total. The van der Waals surface area contributed by atoms with Gasteiger partial charge in [0, 0.05) is 36.8 Å². The van der Waals surface area contributed by atoms with E-state index in [-0.39, 0.29) is 42.5 Å². The summed E-state index contributed by atoms with van der Waals surface area (Å²) in [6.07, 6.45) is 0.167. The van der Waals surface area contributed by atoms with Gasteiger partial charge in [-0.05, 0) is 50.1 Å². The van der Waals surface area contributed by atoms with E-state index in [1.165, 1.54) is 23.6 Å². The minimum Gasteiger partial charge on any atom is -0.488 e. The van der Waals surface area contributed by atoms with E-state index in [0.717, 1.165) is 10.1 Å². The summed E-state index contributed by atoms with van der Waals surface area (Å²) in [5.74, 6) is -0.745. The fourth-order valence-corrected chi connectivity index (χ4v) is 3.42. The molecule has 0 atom stereocenters. The zero-order chi connectivity index (χ0) is 25.5. The van der Waals surface area contributed by atoms with Gasteiger partial charge in [-0.25, -0.2) is 18.5 Å². The number of rotatable bonds is 10. The van der Waals surface area contributed by atoms with Crippen LogP contribution in [0.1, 0.15) is 32.8 Å². The monoisotopic (exact) mass is 503 g/mol. The molecular weight excluding hydrogens is 477 g/mol. The molecule has 0 aliphatic carbocycles. The number of nitrogens with zero attached hydrogens (tertiary/aromatic N) is 3. The van der Waals surface area contributed by atoms with Gasteiger partial charge in [-0.2, -0.15) is 4.98 Å². The quantitative estimate of drug-likeness (QED) is 0.411. The van der Waals surface area contributed by atoms with Crippen molar-refractivity contribution in [2.24, 2.45) is 0 Å². The average Bonchev–Trinajstić information content (AvgIpc) is 2.78. The number of hydrogen-bond acceptors (Lipinski definition) is 6. The molecule has 1 amide bonds. The van der Waals surface area contributed by atoms with Crippen LogP contribution in [0, 0.1) is 5.82 Å². The predicted molar refractivity (Wildman–Crippen MR) is 132 cm³/mol. The van der Waals surface area contributed by atoms with Crippen LogP contribution in [0.4, 0.5) is 16.0 Å². The lowest BCUT2D eigenvalue weighted by molar-refractivity contribution is -0.118. The van der Waals surface area contributed by atoms with Crippen molar-refractivity contribution in [1.82, 2.24) is 19.4 Å². The summed E-state index contributed by atoms with van der Waals surface area (Å²) >= 11 is 5.97. The molecule has 35 heavy (non-hydrogen) atoms. The van der Waals surface area contributed by atoms with E-state index >= 15 is 0 Å². The van der Waals surface area contributed by atoms with Crippen LogP contribution < -0.4 is 26.7 Å². The molecule has 0 saturated carbocycles. The molecular formula is C24H27ClFN5O4. The van der Waals surface area contributed by atoms with Gasteiger partial charge in [0.2, 0.25) is 11.9 Å². The van der Waals surface area contributed by atoms with Crippen LogP contribution in [0.5, 0.6) is 5.75 Å². The van der Waals surface area contributed by atoms with Crippen LogP contribution in [0.15, 0.2) is 52.1 Å². The van der Waals surface area contributed by atoms with Crippen LogP contribution >= 0.6 is 11.6 Å². The largest absolute Gasteiger partial charge is 0.488 e. The minimum atomic E-state index is -0.757. The fraction of sp³-hybridized carbons (Fsp3) is 0.333. The summed E-state index contributed by atoms with van der Waals surface area (Å²) in [6, 6.07) is 11.1. The lowest BCUT2D eigenvalue weighted by Crippen LogP contribution is -2.43. The van der Waals surface area contributed by atoms with Crippen molar-refractivity contribution >= 4 is 29.1 Å². The van der Waals surface area contributed by atoms with Gasteiger partial charge in [-0.3, -0.25) is 9.36 Å². The molecule has 0 spiro atoms. The molecule has 0 aliphatic rings. The smallest absolute Gasteiger partial charge is 0.354 e. The second-order valence-corrected chi connectivity index (χ2v) is 8.57. The molecule has 11 heteroatoms. The number of nitrogens with one attached hydrogen (secondary N) is 2. The van der Waals surface area contributed by atoms with Gasteiger partial charge in [-0.15, -0.1) is 0 Å². The van der Waals surface area contributed by atoms with E-state index in [1.807, 2.05) is 0 Å². The third kappa shape index (κ3) is 7.16. The van der Waals surface area contributed by atoms with Crippen LogP contribution in [0.3, 0.4) is 0 Å². The molecule has 186 valence electrons. The van der Waals surface area contributed by atoms with E-state index in [1.54, 1.807) is 44.2 Å². The van der Waals surface area contributed by atoms with E-state index < -0.39 is 17.2 Å². The Kier molecular flexibility index (Phi) is 8.64. The number of benzene rings is 2. The van der Waals surface area contributed by atoms with Gasteiger partial charge >= 0.3 is 11.4 Å². The third-order valence-electron chi connectivity index (χ3n) is 4.89. The number of amides is 1. The molecule has 1 aromatic heterocycles. The highest BCUT2D eigenvalue weighted by molar-refractivity contribution is 6.30. The Morgan fingerprint density at radius 3 is 2.49 bits per heavy atom. The highest BCUT2D eigenvalue weighted by Gasteiger charge is 2.15. The van der Waals surface area contributed by atoms with Crippen molar-refractivity contribution < 1.29 is 13.9 Å². The maximum atomic E-state index is 14.5. The summed E-state index contributed by atoms with van der Waals surface area (Å²) in [6.45, 7) is 5.43. The molecule has 3 aromatic rings. The van der Waals surface area contributed by atoms with Crippen LogP contribution in [0.25, 0.3) is 0 Å². The lowest BCUT2D eigenvalue weighted by atomic mass is 10.2. The highest BCUT2D eigenvalue weighted by atomic mass is 35.5. The first-order valence-corrected chi connectivity index (χ1v) is 11.5. The van der Waals surface area contributed by atoms with Crippen molar-refractivity contribution in [3.8, 4) is 5.75 Å². The summed E-state index contributed by atoms with van der Waals surface area (Å²) in [5, 5.41) is 6.04. The summed E-state index contributed by atoms with van der Waals surface area (Å²) < 4.78 is 22.2. The standard InChI is InChI=1S/C24H27ClFN5O4/c1-15(2)35-21-10-9-19(13-20(21)26)28-22-29-23(33)30(12-4-11-27-16(3)32)24(34)31(22)14-17-5-7-18(25)8-6-17/h5-10,13,15H,4,11-12,14H2,1-3H3,(H,27,32)(H,28,29,33). The Morgan fingerprint density at radius 2 is 1.86 bits per heavy atom.